The average molecular weight is 168 g/mol. The lowest BCUT2D eigenvalue weighted by atomic mass is 10.0. The number of Topliss-reactive ketones (excluding diaryl/α,β-unsaturated/α-hetero) is 1. The molecule has 1 rings (SSSR count). The second-order valence-electron chi connectivity index (χ2n) is 3.21. The van der Waals surface area contributed by atoms with E-state index < -0.39 is 0 Å². The Balaban J connectivity index is 2.06. The third-order valence-corrected chi connectivity index (χ3v) is 2.28. The summed E-state index contributed by atoms with van der Waals surface area (Å²) in [4.78, 5) is 11.2. The van der Waals surface area contributed by atoms with Crippen molar-refractivity contribution in [3.8, 4) is 0 Å². The molecule has 68 valence electrons. The molecule has 12 heavy (non-hydrogen) atoms. The number of rotatable bonds is 5. The van der Waals surface area contributed by atoms with Gasteiger partial charge in [0.1, 0.15) is 5.78 Å². The van der Waals surface area contributed by atoms with Crippen LogP contribution in [0.4, 0.5) is 0 Å². The Bertz CT molecular complexity index is 163. The average Bonchev–Trinajstić information content (AvgIpc) is 2.46. The second kappa shape index (κ2) is 5.09. The topological polar surface area (TPSA) is 26.3 Å². The maximum Gasteiger partial charge on any atom is 0.136 e. The van der Waals surface area contributed by atoms with E-state index in [1.54, 1.807) is 6.08 Å². The second-order valence-corrected chi connectivity index (χ2v) is 3.21. The standard InChI is InChI=1S/C10H16O2/c1-2-7-12-8-6-9-4-3-5-10(9)11/h2,9H,1,3-8H2. The molecule has 1 fully saturated rings. The van der Waals surface area contributed by atoms with Crippen LogP contribution in [0.1, 0.15) is 25.7 Å². The minimum Gasteiger partial charge on any atom is -0.377 e. The summed E-state index contributed by atoms with van der Waals surface area (Å²) in [5, 5.41) is 0. The van der Waals surface area contributed by atoms with Crippen molar-refractivity contribution in [2.75, 3.05) is 13.2 Å². The lowest BCUT2D eigenvalue weighted by molar-refractivity contribution is -0.121. The van der Waals surface area contributed by atoms with Gasteiger partial charge in [-0.3, -0.25) is 4.79 Å². The van der Waals surface area contributed by atoms with Gasteiger partial charge in [0.2, 0.25) is 0 Å². The van der Waals surface area contributed by atoms with Gasteiger partial charge in [0.25, 0.3) is 0 Å². The highest BCUT2D eigenvalue weighted by Gasteiger charge is 2.23. The SMILES string of the molecule is C=CCOCCC1CCCC1=O. The van der Waals surface area contributed by atoms with Crippen LogP contribution >= 0.6 is 0 Å². The fourth-order valence-electron chi connectivity index (χ4n) is 1.59. The Morgan fingerprint density at radius 2 is 2.50 bits per heavy atom. The van der Waals surface area contributed by atoms with E-state index in [1.165, 1.54) is 0 Å². The predicted molar refractivity (Wildman–Crippen MR) is 48.0 cm³/mol. The van der Waals surface area contributed by atoms with Gasteiger partial charge in [0, 0.05) is 18.9 Å². The molecule has 0 radical (unpaired) electrons. The first-order valence-corrected chi connectivity index (χ1v) is 4.56. The van der Waals surface area contributed by atoms with Crippen LogP contribution in [0.15, 0.2) is 12.7 Å². The Kier molecular flexibility index (Phi) is 4.01. The quantitative estimate of drug-likeness (QED) is 0.463. The molecule has 0 aromatic rings. The van der Waals surface area contributed by atoms with Gasteiger partial charge < -0.3 is 4.74 Å². The van der Waals surface area contributed by atoms with Crippen molar-refractivity contribution in [3.05, 3.63) is 12.7 Å². The monoisotopic (exact) mass is 168 g/mol. The molecule has 1 aliphatic carbocycles. The van der Waals surface area contributed by atoms with Gasteiger partial charge in [-0.15, -0.1) is 6.58 Å². The van der Waals surface area contributed by atoms with Gasteiger partial charge in [0.05, 0.1) is 6.61 Å². The molecule has 0 bridgehead atoms. The lowest BCUT2D eigenvalue weighted by Gasteiger charge is -2.06. The van der Waals surface area contributed by atoms with Crippen molar-refractivity contribution in [2.45, 2.75) is 25.7 Å². The molecule has 0 N–H and O–H groups in total. The fraction of sp³-hybridized carbons (Fsp3) is 0.700. The Labute approximate surface area is 73.6 Å². The zero-order chi connectivity index (χ0) is 8.81. The van der Waals surface area contributed by atoms with Gasteiger partial charge in [-0.05, 0) is 19.3 Å². The van der Waals surface area contributed by atoms with E-state index in [1.807, 2.05) is 0 Å². The molecule has 0 aromatic carbocycles. The number of ether oxygens (including phenoxy) is 1. The molecule has 1 aliphatic rings. The van der Waals surface area contributed by atoms with E-state index in [9.17, 15) is 4.79 Å². The summed E-state index contributed by atoms with van der Waals surface area (Å²) in [6.07, 6.45) is 5.55. The third-order valence-electron chi connectivity index (χ3n) is 2.28. The smallest absolute Gasteiger partial charge is 0.136 e. The molecule has 2 heteroatoms. The molecule has 0 saturated heterocycles. The zero-order valence-corrected chi connectivity index (χ0v) is 7.42. The van der Waals surface area contributed by atoms with E-state index in [2.05, 4.69) is 6.58 Å². The highest BCUT2D eigenvalue weighted by molar-refractivity contribution is 5.82. The number of carbonyl (C=O) groups is 1. The van der Waals surface area contributed by atoms with Crippen molar-refractivity contribution in [2.24, 2.45) is 5.92 Å². The first kappa shape index (κ1) is 9.46. The number of carbonyl (C=O) groups excluding carboxylic acids is 1. The zero-order valence-electron chi connectivity index (χ0n) is 7.42. The maximum atomic E-state index is 11.2. The molecule has 0 heterocycles. The summed E-state index contributed by atoms with van der Waals surface area (Å²) < 4.78 is 5.22. The van der Waals surface area contributed by atoms with Crippen LogP contribution in [0, 0.1) is 5.92 Å². The number of ketones is 1. The maximum absolute atomic E-state index is 11.2. The molecule has 2 nitrogen and oxygen atoms in total. The molecule has 0 amide bonds. The van der Waals surface area contributed by atoms with Crippen LogP contribution in [0.5, 0.6) is 0 Å². The molecule has 1 unspecified atom stereocenters. The Hall–Kier alpha value is -0.630. The first-order chi connectivity index (χ1) is 5.84. The van der Waals surface area contributed by atoms with E-state index >= 15 is 0 Å². The van der Waals surface area contributed by atoms with Crippen molar-refractivity contribution in [1.82, 2.24) is 0 Å². The molecule has 1 atom stereocenters. The molecule has 0 spiro atoms. The summed E-state index contributed by atoms with van der Waals surface area (Å²) in [5.74, 6) is 0.715. The Morgan fingerprint density at radius 1 is 1.67 bits per heavy atom. The van der Waals surface area contributed by atoms with Gasteiger partial charge >= 0.3 is 0 Å². The fourth-order valence-corrected chi connectivity index (χ4v) is 1.59. The largest absolute Gasteiger partial charge is 0.377 e. The summed E-state index contributed by atoms with van der Waals surface area (Å²) >= 11 is 0. The highest BCUT2D eigenvalue weighted by Crippen LogP contribution is 2.23. The lowest BCUT2D eigenvalue weighted by Crippen LogP contribution is -2.09. The highest BCUT2D eigenvalue weighted by atomic mass is 16.5. The molecule has 1 saturated carbocycles. The van der Waals surface area contributed by atoms with E-state index in [0.717, 1.165) is 25.7 Å². The normalized spacial score (nSPS) is 23.0. The number of hydrogen-bond acceptors (Lipinski definition) is 2. The van der Waals surface area contributed by atoms with Crippen LogP contribution in [-0.2, 0) is 9.53 Å². The van der Waals surface area contributed by atoms with Gasteiger partial charge in [-0.2, -0.15) is 0 Å². The molecule has 0 aliphatic heterocycles. The summed E-state index contributed by atoms with van der Waals surface area (Å²) in [7, 11) is 0. The Morgan fingerprint density at radius 3 is 3.08 bits per heavy atom. The van der Waals surface area contributed by atoms with Crippen LogP contribution in [-0.4, -0.2) is 19.0 Å². The van der Waals surface area contributed by atoms with Crippen molar-refractivity contribution >= 4 is 5.78 Å². The van der Waals surface area contributed by atoms with Crippen molar-refractivity contribution in [3.63, 3.8) is 0 Å². The van der Waals surface area contributed by atoms with Gasteiger partial charge in [-0.1, -0.05) is 6.08 Å². The number of hydrogen-bond donors (Lipinski definition) is 0. The third kappa shape index (κ3) is 2.78. The predicted octanol–water partition coefficient (Wildman–Crippen LogP) is 1.95. The first-order valence-electron chi connectivity index (χ1n) is 4.56. The van der Waals surface area contributed by atoms with Crippen LogP contribution < -0.4 is 0 Å². The summed E-state index contributed by atoms with van der Waals surface area (Å²) in [5.41, 5.74) is 0. The minimum atomic E-state index is 0.287. The minimum absolute atomic E-state index is 0.287. The van der Waals surface area contributed by atoms with E-state index in [-0.39, 0.29) is 5.92 Å². The van der Waals surface area contributed by atoms with Crippen LogP contribution in [0.2, 0.25) is 0 Å². The molecular formula is C10H16O2. The van der Waals surface area contributed by atoms with Crippen LogP contribution in [0.3, 0.4) is 0 Å². The van der Waals surface area contributed by atoms with Crippen LogP contribution in [0.25, 0.3) is 0 Å². The molecular weight excluding hydrogens is 152 g/mol. The van der Waals surface area contributed by atoms with E-state index in [0.29, 0.717) is 19.0 Å². The molecule has 0 aromatic heterocycles. The summed E-state index contributed by atoms with van der Waals surface area (Å²) in [6.45, 7) is 4.85. The van der Waals surface area contributed by atoms with Gasteiger partial charge in [-0.25, -0.2) is 0 Å². The van der Waals surface area contributed by atoms with E-state index in [4.69, 9.17) is 4.74 Å². The van der Waals surface area contributed by atoms with Crippen molar-refractivity contribution in [1.29, 1.82) is 0 Å². The summed E-state index contributed by atoms with van der Waals surface area (Å²) in [6, 6.07) is 0. The van der Waals surface area contributed by atoms with Crippen molar-refractivity contribution < 1.29 is 9.53 Å². The van der Waals surface area contributed by atoms with Gasteiger partial charge in [0.15, 0.2) is 0 Å².